The molecule has 0 aliphatic heterocycles. The second kappa shape index (κ2) is 14.0. The minimum Gasteiger partial charge on any atom is -0.255 e. The number of fused-ring (bicyclic) bond motifs is 8. The fourth-order valence-corrected chi connectivity index (χ4v) is 8.33. The molecule has 0 radical (unpaired) electrons. The Hall–Kier alpha value is -7.82. The molecule has 4 heteroatoms. The van der Waals surface area contributed by atoms with Crippen molar-refractivity contribution in [2.75, 3.05) is 0 Å². The lowest BCUT2D eigenvalue weighted by atomic mass is 9.89. The molecule has 0 N–H and O–H groups in total. The number of hydrogen-bond donors (Lipinski definition) is 0. The molecule has 0 saturated heterocycles. The molecule has 270 valence electrons. The highest BCUT2D eigenvalue weighted by Crippen LogP contribution is 2.43. The van der Waals surface area contributed by atoms with E-state index >= 15 is 0 Å². The number of aromatic nitrogens is 4. The molecule has 4 nitrogen and oxygen atoms in total. The van der Waals surface area contributed by atoms with Crippen LogP contribution in [0.25, 0.3) is 111 Å². The Balaban J connectivity index is 0.981. The Labute approximate surface area is 335 Å². The van der Waals surface area contributed by atoms with Gasteiger partial charge in [-0.2, -0.15) is 0 Å². The van der Waals surface area contributed by atoms with Crippen molar-refractivity contribution in [1.82, 2.24) is 19.9 Å². The molecule has 0 amide bonds. The maximum absolute atomic E-state index is 5.34. The predicted molar refractivity (Wildman–Crippen MR) is 240 cm³/mol. The highest BCUT2D eigenvalue weighted by Gasteiger charge is 2.18. The van der Waals surface area contributed by atoms with Crippen molar-refractivity contribution < 1.29 is 0 Å². The van der Waals surface area contributed by atoms with Gasteiger partial charge in [-0.05, 0) is 74.1 Å². The lowest BCUT2D eigenvalue weighted by Gasteiger charge is -2.16. The third-order valence-corrected chi connectivity index (χ3v) is 11.1. The van der Waals surface area contributed by atoms with Crippen molar-refractivity contribution in [3.63, 3.8) is 0 Å². The van der Waals surface area contributed by atoms with Crippen LogP contribution in [0.1, 0.15) is 0 Å². The van der Waals surface area contributed by atoms with Gasteiger partial charge in [-0.1, -0.05) is 170 Å². The lowest BCUT2D eigenvalue weighted by Crippen LogP contribution is -1.97. The van der Waals surface area contributed by atoms with Crippen LogP contribution < -0.4 is 0 Å². The van der Waals surface area contributed by atoms with E-state index in [-0.39, 0.29) is 0 Å². The maximum atomic E-state index is 5.34. The van der Waals surface area contributed by atoms with Crippen LogP contribution in [-0.4, -0.2) is 19.9 Å². The summed E-state index contributed by atoms with van der Waals surface area (Å²) >= 11 is 0. The first-order chi connectivity index (χ1) is 28.7. The summed E-state index contributed by atoms with van der Waals surface area (Å²) in [4.78, 5) is 20.1. The second-order valence-corrected chi connectivity index (χ2v) is 14.6. The van der Waals surface area contributed by atoms with Crippen molar-refractivity contribution in [2.45, 2.75) is 0 Å². The van der Waals surface area contributed by atoms with Crippen molar-refractivity contribution in [1.29, 1.82) is 0 Å². The Kier molecular flexibility index (Phi) is 8.11. The van der Waals surface area contributed by atoms with Crippen LogP contribution in [0.15, 0.2) is 206 Å². The highest BCUT2D eigenvalue weighted by atomic mass is 14.9. The number of para-hydroxylation sites is 1. The normalized spacial score (nSPS) is 11.4. The second-order valence-electron chi connectivity index (χ2n) is 14.6. The van der Waals surface area contributed by atoms with E-state index in [1.54, 1.807) is 6.20 Å². The number of benzene rings is 8. The van der Waals surface area contributed by atoms with Crippen LogP contribution in [0.5, 0.6) is 0 Å². The topological polar surface area (TPSA) is 51.6 Å². The largest absolute Gasteiger partial charge is 0.255 e. The molecule has 0 fully saturated rings. The Morgan fingerprint density at radius 1 is 0.276 bits per heavy atom. The first-order valence-electron chi connectivity index (χ1n) is 19.5. The minimum absolute atomic E-state index is 0.659. The molecule has 3 aromatic heterocycles. The van der Waals surface area contributed by atoms with E-state index in [4.69, 9.17) is 15.0 Å². The molecule has 0 spiro atoms. The molecule has 0 unspecified atom stereocenters. The van der Waals surface area contributed by atoms with Crippen LogP contribution in [0.4, 0.5) is 0 Å². The van der Waals surface area contributed by atoms with Gasteiger partial charge in [0.1, 0.15) is 0 Å². The molecular weight excluding hydrogens is 705 g/mol. The summed E-state index contributed by atoms with van der Waals surface area (Å²) in [7, 11) is 0. The van der Waals surface area contributed by atoms with E-state index in [1.165, 1.54) is 37.7 Å². The first kappa shape index (κ1) is 33.5. The zero-order chi connectivity index (χ0) is 38.4. The Morgan fingerprint density at radius 3 is 1.52 bits per heavy atom. The average molecular weight is 739 g/mol. The third kappa shape index (κ3) is 5.87. The Bertz CT molecular complexity index is 3310. The van der Waals surface area contributed by atoms with Gasteiger partial charge in [0.15, 0.2) is 5.82 Å². The summed E-state index contributed by atoms with van der Waals surface area (Å²) in [6.45, 7) is 0. The fraction of sp³-hybridized carbons (Fsp3) is 0. The van der Waals surface area contributed by atoms with Gasteiger partial charge in [-0.3, -0.25) is 4.98 Å². The van der Waals surface area contributed by atoms with E-state index in [0.717, 1.165) is 67.2 Å². The highest BCUT2D eigenvalue weighted by molar-refractivity contribution is 6.33. The van der Waals surface area contributed by atoms with Crippen LogP contribution in [0.2, 0.25) is 0 Å². The fourth-order valence-electron chi connectivity index (χ4n) is 8.33. The number of pyridine rings is 2. The number of hydrogen-bond acceptors (Lipinski definition) is 4. The van der Waals surface area contributed by atoms with Crippen molar-refractivity contribution in [3.8, 4) is 67.5 Å². The van der Waals surface area contributed by atoms with Crippen LogP contribution in [-0.2, 0) is 0 Å². The molecule has 0 bridgehead atoms. The molecule has 0 aliphatic rings. The van der Waals surface area contributed by atoms with Gasteiger partial charge in [-0.15, -0.1) is 0 Å². The summed E-state index contributed by atoms with van der Waals surface area (Å²) < 4.78 is 0. The predicted octanol–water partition coefficient (Wildman–Crippen LogP) is 13.9. The summed E-state index contributed by atoms with van der Waals surface area (Å²) in [5, 5.41) is 8.57. The van der Waals surface area contributed by atoms with Crippen LogP contribution in [0.3, 0.4) is 0 Å². The lowest BCUT2D eigenvalue weighted by molar-refractivity contribution is 1.16. The minimum atomic E-state index is 0.659. The van der Waals surface area contributed by atoms with E-state index in [1.807, 2.05) is 30.3 Å². The van der Waals surface area contributed by atoms with Crippen molar-refractivity contribution in [3.05, 3.63) is 206 Å². The van der Waals surface area contributed by atoms with Gasteiger partial charge < -0.3 is 0 Å². The van der Waals surface area contributed by atoms with Gasteiger partial charge in [0.25, 0.3) is 0 Å². The average Bonchev–Trinajstić information content (AvgIpc) is 3.32. The Morgan fingerprint density at radius 2 is 0.810 bits per heavy atom. The van der Waals surface area contributed by atoms with Gasteiger partial charge >= 0.3 is 0 Å². The molecule has 11 aromatic rings. The van der Waals surface area contributed by atoms with Crippen molar-refractivity contribution in [2.24, 2.45) is 0 Å². The van der Waals surface area contributed by atoms with E-state index in [2.05, 4.69) is 175 Å². The molecule has 3 heterocycles. The van der Waals surface area contributed by atoms with Crippen LogP contribution in [0, 0.1) is 0 Å². The summed E-state index contributed by atoms with van der Waals surface area (Å²) in [5.74, 6) is 0.659. The number of nitrogens with zero attached hydrogens (tertiary/aromatic N) is 4. The summed E-state index contributed by atoms with van der Waals surface area (Å²) in [6.07, 6.45) is 1.80. The van der Waals surface area contributed by atoms with Gasteiger partial charge in [-0.25, -0.2) is 15.0 Å². The smallest absolute Gasteiger partial charge is 0.160 e. The molecule has 11 rings (SSSR count). The zero-order valence-electron chi connectivity index (χ0n) is 31.4. The summed E-state index contributed by atoms with van der Waals surface area (Å²) in [6, 6.07) is 70.2. The standard InChI is InChI=1S/C54H34N4/c1-2-13-35(14-3-1)40-15-12-16-41(33-40)54-57-49(34-50(58-54)48-23-10-11-32-55-48)38-28-24-36(25-29-38)37-26-30-39(31-27-37)53-52-45-20-7-5-18-43(45)42-17-4-6-19-44(42)51(52)46-21-8-9-22-47(46)56-53/h1-34H. The first-order valence-corrected chi connectivity index (χ1v) is 19.5. The molecule has 8 aromatic carbocycles. The molecule has 0 atom stereocenters. The SMILES string of the molecule is c1ccc(-c2cccc(-c3nc(-c4ccc(-c5ccc(-c6nc7ccccc7c7c8ccccc8c8ccccc8c67)cc5)cc4)cc(-c4ccccn4)n3)c2)cc1. The van der Waals surface area contributed by atoms with Gasteiger partial charge in [0, 0.05) is 39.0 Å². The quantitative estimate of drug-likeness (QED) is 0.159. The summed E-state index contributed by atoms with van der Waals surface area (Å²) in [5.41, 5.74) is 12.0. The van der Waals surface area contributed by atoms with E-state index in [0.29, 0.717) is 5.82 Å². The maximum Gasteiger partial charge on any atom is 0.160 e. The molecule has 0 aliphatic carbocycles. The molecular formula is C54H34N4. The monoisotopic (exact) mass is 738 g/mol. The van der Waals surface area contributed by atoms with Crippen molar-refractivity contribution >= 4 is 43.2 Å². The zero-order valence-corrected chi connectivity index (χ0v) is 31.4. The molecule has 58 heavy (non-hydrogen) atoms. The third-order valence-electron chi connectivity index (χ3n) is 11.1. The van der Waals surface area contributed by atoms with Crippen LogP contribution >= 0.6 is 0 Å². The van der Waals surface area contributed by atoms with E-state index in [9.17, 15) is 0 Å². The van der Waals surface area contributed by atoms with Gasteiger partial charge in [0.05, 0.1) is 28.3 Å². The molecule has 0 saturated carbocycles. The number of rotatable bonds is 6. The van der Waals surface area contributed by atoms with Gasteiger partial charge in [0.2, 0.25) is 0 Å². The van der Waals surface area contributed by atoms with E-state index < -0.39 is 0 Å².